The fourth-order valence-electron chi connectivity index (χ4n) is 2.19. The Morgan fingerprint density at radius 3 is 2.88 bits per heavy atom. The van der Waals surface area contributed by atoms with Gasteiger partial charge in [-0.05, 0) is 44.4 Å². The minimum absolute atomic E-state index is 0.263. The van der Waals surface area contributed by atoms with E-state index < -0.39 is 11.0 Å². The minimum atomic E-state index is -0.716. The number of thioether (sulfide) groups is 1. The predicted octanol–water partition coefficient (Wildman–Crippen LogP) is 2.81. The van der Waals surface area contributed by atoms with E-state index in [0.29, 0.717) is 11.3 Å². The number of hydrogen-bond donors (Lipinski definition) is 1. The highest BCUT2D eigenvalue weighted by atomic mass is 32.2. The molecule has 0 aliphatic rings. The van der Waals surface area contributed by atoms with Crippen molar-refractivity contribution < 1.29 is 14.4 Å². The quantitative estimate of drug-likeness (QED) is 0.351. The molecule has 0 aliphatic carbocycles. The van der Waals surface area contributed by atoms with Crippen LogP contribution in [0.25, 0.3) is 10.9 Å². The van der Waals surface area contributed by atoms with E-state index in [4.69, 9.17) is 11.2 Å². The number of aromatic nitrogens is 1. The maximum atomic E-state index is 12.5. The first-order valence-corrected chi connectivity index (χ1v) is 9.13. The average Bonchev–Trinajstić information content (AvgIpc) is 2.63. The third-order valence-electron chi connectivity index (χ3n) is 3.42. The van der Waals surface area contributed by atoms with Crippen molar-refractivity contribution >= 4 is 34.8 Å². The number of hydrogen-bond acceptors (Lipinski definition) is 6. The molecular formula is C19H21N3O3S. The monoisotopic (exact) mass is 371 g/mol. The summed E-state index contributed by atoms with van der Waals surface area (Å²) < 4.78 is 5.85. The van der Waals surface area contributed by atoms with E-state index in [-0.39, 0.29) is 5.91 Å². The van der Waals surface area contributed by atoms with E-state index in [9.17, 15) is 4.79 Å². The largest absolute Gasteiger partial charge is 0.470 e. The molecule has 1 atom stereocenters. The normalized spacial score (nSPS) is 12.6. The molecule has 1 heterocycles. The van der Waals surface area contributed by atoms with E-state index >= 15 is 0 Å². The number of nitrogens with one attached hydrogen (secondary N) is 1. The number of oxime groups is 1. The molecule has 0 aliphatic heterocycles. The summed E-state index contributed by atoms with van der Waals surface area (Å²) in [6.45, 7) is 3.63. The summed E-state index contributed by atoms with van der Waals surface area (Å²) in [6, 6.07) is 7.28. The second-order valence-electron chi connectivity index (χ2n) is 6.04. The zero-order valence-electron chi connectivity index (χ0n) is 15.1. The van der Waals surface area contributed by atoms with Crippen LogP contribution in [0.15, 0.2) is 35.6 Å². The Kier molecular flexibility index (Phi) is 6.47. The zero-order valence-corrected chi connectivity index (χ0v) is 16.0. The van der Waals surface area contributed by atoms with Crippen LogP contribution in [0.1, 0.15) is 19.4 Å². The molecule has 0 bridgehead atoms. The van der Waals surface area contributed by atoms with Gasteiger partial charge in [-0.2, -0.15) is 0 Å². The summed E-state index contributed by atoms with van der Waals surface area (Å²) >= 11 is 1.29. The van der Waals surface area contributed by atoms with Crippen LogP contribution in [0, 0.1) is 12.3 Å². The molecule has 1 aromatic heterocycles. The highest BCUT2D eigenvalue weighted by Gasteiger charge is 2.26. The second-order valence-corrected chi connectivity index (χ2v) is 6.94. The molecule has 0 saturated heterocycles. The molecule has 2 aromatic rings. The van der Waals surface area contributed by atoms with Gasteiger partial charge in [-0.3, -0.25) is 9.78 Å². The Labute approximate surface area is 157 Å². The molecule has 136 valence electrons. The number of benzene rings is 1. The van der Waals surface area contributed by atoms with Crippen LogP contribution in [-0.2, 0) is 9.63 Å². The number of amides is 1. The zero-order chi connectivity index (χ0) is 19.2. The van der Waals surface area contributed by atoms with E-state index in [1.807, 2.05) is 32.0 Å². The van der Waals surface area contributed by atoms with Crippen LogP contribution < -0.4 is 10.1 Å². The molecule has 0 fully saturated rings. The van der Waals surface area contributed by atoms with Gasteiger partial charge >= 0.3 is 0 Å². The summed E-state index contributed by atoms with van der Waals surface area (Å²) in [6.07, 6.45) is 10.4. The third-order valence-corrected chi connectivity index (χ3v) is 4.16. The molecule has 6 nitrogen and oxygen atoms in total. The molecular weight excluding hydrogens is 350 g/mol. The molecule has 0 radical (unpaired) electrons. The van der Waals surface area contributed by atoms with Gasteiger partial charge in [0.05, 0.1) is 17.3 Å². The highest BCUT2D eigenvalue weighted by Crippen LogP contribution is 2.23. The number of carbonyl (C=O) groups excluding carboxylic acids is 1. The average molecular weight is 371 g/mol. The number of ether oxygens (including phenoxy) is 1. The third kappa shape index (κ3) is 5.14. The van der Waals surface area contributed by atoms with Crippen molar-refractivity contribution in [2.75, 3.05) is 13.4 Å². The molecule has 26 heavy (non-hydrogen) atoms. The summed E-state index contributed by atoms with van der Waals surface area (Å²) in [5, 5.41) is 7.42. The van der Waals surface area contributed by atoms with Crippen molar-refractivity contribution in [1.82, 2.24) is 10.3 Å². The maximum absolute atomic E-state index is 12.5. The summed E-state index contributed by atoms with van der Waals surface area (Å²) in [7, 11) is 1.45. The van der Waals surface area contributed by atoms with Gasteiger partial charge in [-0.1, -0.05) is 11.1 Å². The second kappa shape index (κ2) is 8.59. The van der Waals surface area contributed by atoms with Crippen molar-refractivity contribution in [3.8, 4) is 18.1 Å². The first-order valence-electron chi connectivity index (χ1n) is 7.84. The van der Waals surface area contributed by atoms with Crippen LogP contribution in [0.3, 0.4) is 0 Å². The Hall–Kier alpha value is -2.72. The number of rotatable bonds is 7. The molecule has 7 heteroatoms. The lowest BCUT2D eigenvalue weighted by Crippen LogP contribution is -2.49. The summed E-state index contributed by atoms with van der Waals surface area (Å²) in [5.41, 5.74) is 0.109. The maximum Gasteiger partial charge on any atom is 0.272 e. The lowest BCUT2D eigenvalue weighted by atomic mass is 10.1. The Morgan fingerprint density at radius 1 is 1.46 bits per heavy atom. The number of fused-ring (bicyclic) bond motifs is 1. The lowest BCUT2D eigenvalue weighted by molar-refractivity contribution is -0.125. The number of carbonyl (C=O) groups is 1. The Bertz CT molecular complexity index is 859. The standard InChI is InChI=1S/C19H21N3O3S/c1-6-13-9-14-10-15(7-8-16(14)20-11-13)25-18(26-5)17(23)22-19(2,3)12-21-24-4/h1,7-12,18H,2-5H3,(H,22,23). The predicted molar refractivity (Wildman–Crippen MR) is 105 cm³/mol. The lowest BCUT2D eigenvalue weighted by Gasteiger charge is -2.24. The van der Waals surface area contributed by atoms with Crippen molar-refractivity contribution in [3.63, 3.8) is 0 Å². The van der Waals surface area contributed by atoms with E-state index in [2.05, 4.69) is 26.2 Å². The Balaban J connectivity index is 2.16. The number of terminal acetylenes is 1. The van der Waals surface area contributed by atoms with E-state index in [1.165, 1.54) is 25.1 Å². The number of pyridine rings is 1. The van der Waals surface area contributed by atoms with Crippen LogP contribution in [0.5, 0.6) is 5.75 Å². The molecule has 1 N–H and O–H groups in total. The van der Waals surface area contributed by atoms with Crippen LogP contribution >= 0.6 is 11.8 Å². The Morgan fingerprint density at radius 2 is 2.23 bits per heavy atom. The van der Waals surface area contributed by atoms with Gasteiger partial charge in [0.15, 0.2) is 0 Å². The fourth-order valence-corrected chi connectivity index (χ4v) is 2.67. The minimum Gasteiger partial charge on any atom is -0.470 e. The first kappa shape index (κ1) is 19.6. The molecule has 0 spiro atoms. The van der Waals surface area contributed by atoms with Gasteiger partial charge in [0.25, 0.3) is 5.91 Å². The topological polar surface area (TPSA) is 72.8 Å². The van der Waals surface area contributed by atoms with Gasteiger partial charge in [0, 0.05) is 17.1 Å². The van der Waals surface area contributed by atoms with Gasteiger partial charge < -0.3 is 14.9 Å². The fraction of sp³-hybridized carbons (Fsp3) is 0.316. The highest BCUT2D eigenvalue weighted by molar-refractivity contribution is 7.99. The van der Waals surface area contributed by atoms with Crippen molar-refractivity contribution in [2.45, 2.75) is 24.8 Å². The smallest absolute Gasteiger partial charge is 0.272 e. The number of nitrogens with zero attached hydrogens (tertiary/aromatic N) is 2. The van der Waals surface area contributed by atoms with Crippen molar-refractivity contribution in [3.05, 3.63) is 36.0 Å². The van der Waals surface area contributed by atoms with Crippen LogP contribution in [0.2, 0.25) is 0 Å². The molecule has 0 saturated carbocycles. The SMILES string of the molecule is C#Cc1cnc2ccc(OC(SC)C(=O)NC(C)(C)C=NOC)cc2c1. The van der Waals surface area contributed by atoms with Crippen molar-refractivity contribution in [1.29, 1.82) is 0 Å². The van der Waals surface area contributed by atoms with Crippen LogP contribution in [-0.4, -0.2) is 41.4 Å². The van der Waals surface area contributed by atoms with Gasteiger partial charge in [0.2, 0.25) is 5.44 Å². The molecule has 1 aromatic carbocycles. The molecule has 2 rings (SSSR count). The molecule has 1 amide bonds. The first-order chi connectivity index (χ1) is 12.4. The van der Waals surface area contributed by atoms with E-state index in [0.717, 1.165) is 10.9 Å². The van der Waals surface area contributed by atoms with Gasteiger partial charge in [0.1, 0.15) is 12.9 Å². The van der Waals surface area contributed by atoms with Gasteiger partial charge in [-0.15, -0.1) is 18.2 Å². The summed E-state index contributed by atoms with van der Waals surface area (Å²) in [5.74, 6) is 2.86. The summed E-state index contributed by atoms with van der Waals surface area (Å²) in [4.78, 5) is 21.5. The van der Waals surface area contributed by atoms with Gasteiger partial charge in [-0.25, -0.2) is 0 Å². The van der Waals surface area contributed by atoms with Crippen LogP contribution in [0.4, 0.5) is 0 Å². The molecule has 1 unspecified atom stereocenters. The van der Waals surface area contributed by atoms with Crippen molar-refractivity contribution in [2.24, 2.45) is 5.16 Å². The van der Waals surface area contributed by atoms with E-state index in [1.54, 1.807) is 18.5 Å².